The SMILES string of the molecule is O=C1COc2cc(NC3CCN(c4ccccc4Cl)C3=O)ccc2N1. The molecule has 0 aromatic heterocycles. The van der Waals surface area contributed by atoms with Crippen molar-refractivity contribution in [3.8, 4) is 5.75 Å². The van der Waals surface area contributed by atoms with Gasteiger partial charge in [-0.3, -0.25) is 9.59 Å². The van der Waals surface area contributed by atoms with Crippen molar-refractivity contribution >= 4 is 40.5 Å². The maximum Gasteiger partial charge on any atom is 0.262 e. The van der Waals surface area contributed by atoms with Crippen LogP contribution in [0.1, 0.15) is 6.42 Å². The average Bonchev–Trinajstić information content (AvgIpc) is 2.96. The summed E-state index contributed by atoms with van der Waals surface area (Å²) in [5.41, 5.74) is 2.14. The second-order valence-corrected chi connectivity index (χ2v) is 6.38. The summed E-state index contributed by atoms with van der Waals surface area (Å²) in [5, 5.41) is 6.55. The first-order valence-electron chi connectivity index (χ1n) is 8.01. The quantitative estimate of drug-likeness (QED) is 0.886. The third-order valence-corrected chi connectivity index (χ3v) is 4.62. The lowest BCUT2D eigenvalue weighted by Crippen LogP contribution is -2.33. The van der Waals surface area contributed by atoms with Crippen LogP contribution in [-0.2, 0) is 9.59 Å². The van der Waals surface area contributed by atoms with Gasteiger partial charge in [0.1, 0.15) is 11.8 Å². The summed E-state index contributed by atoms with van der Waals surface area (Å²) in [7, 11) is 0. The Morgan fingerprint density at radius 3 is 2.88 bits per heavy atom. The molecule has 0 spiro atoms. The summed E-state index contributed by atoms with van der Waals surface area (Å²) in [6.07, 6.45) is 0.679. The molecule has 128 valence electrons. The first-order chi connectivity index (χ1) is 12.1. The van der Waals surface area contributed by atoms with Crippen LogP contribution in [-0.4, -0.2) is 31.0 Å². The highest BCUT2D eigenvalue weighted by molar-refractivity contribution is 6.34. The Balaban J connectivity index is 1.50. The van der Waals surface area contributed by atoms with E-state index in [1.54, 1.807) is 23.1 Å². The van der Waals surface area contributed by atoms with E-state index >= 15 is 0 Å². The largest absolute Gasteiger partial charge is 0.482 e. The summed E-state index contributed by atoms with van der Waals surface area (Å²) in [6, 6.07) is 12.4. The van der Waals surface area contributed by atoms with Gasteiger partial charge in [-0.15, -0.1) is 0 Å². The monoisotopic (exact) mass is 357 g/mol. The topological polar surface area (TPSA) is 70.7 Å². The summed E-state index contributed by atoms with van der Waals surface area (Å²) >= 11 is 6.20. The zero-order valence-electron chi connectivity index (χ0n) is 13.3. The summed E-state index contributed by atoms with van der Waals surface area (Å²) in [6.45, 7) is 0.608. The number of nitrogens with zero attached hydrogens (tertiary/aromatic N) is 1. The van der Waals surface area contributed by atoms with Gasteiger partial charge in [0, 0.05) is 18.3 Å². The molecule has 0 bridgehead atoms. The number of benzene rings is 2. The second-order valence-electron chi connectivity index (χ2n) is 5.97. The van der Waals surface area contributed by atoms with E-state index in [1.807, 2.05) is 24.3 Å². The van der Waals surface area contributed by atoms with Gasteiger partial charge in [0.15, 0.2) is 6.61 Å². The van der Waals surface area contributed by atoms with Crippen molar-refractivity contribution in [3.05, 3.63) is 47.5 Å². The van der Waals surface area contributed by atoms with Crippen LogP contribution in [0.4, 0.5) is 17.1 Å². The molecule has 1 fully saturated rings. The molecule has 2 heterocycles. The average molecular weight is 358 g/mol. The van der Waals surface area contributed by atoms with E-state index in [0.717, 1.165) is 11.4 Å². The Morgan fingerprint density at radius 2 is 2.04 bits per heavy atom. The first-order valence-corrected chi connectivity index (χ1v) is 8.39. The molecule has 0 saturated carbocycles. The maximum atomic E-state index is 12.7. The Kier molecular flexibility index (Phi) is 3.97. The van der Waals surface area contributed by atoms with Gasteiger partial charge < -0.3 is 20.3 Å². The van der Waals surface area contributed by atoms with Crippen LogP contribution in [0.25, 0.3) is 0 Å². The number of amides is 2. The van der Waals surface area contributed by atoms with Gasteiger partial charge in [-0.1, -0.05) is 23.7 Å². The van der Waals surface area contributed by atoms with Crippen LogP contribution >= 0.6 is 11.6 Å². The molecule has 6 nitrogen and oxygen atoms in total. The highest BCUT2D eigenvalue weighted by Crippen LogP contribution is 2.33. The van der Waals surface area contributed by atoms with Crippen molar-refractivity contribution in [1.82, 2.24) is 0 Å². The number of nitrogens with one attached hydrogen (secondary N) is 2. The fourth-order valence-electron chi connectivity index (χ4n) is 3.09. The molecule has 0 aliphatic carbocycles. The number of hydrogen-bond acceptors (Lipinski definition) is 4. The molecule has 2 N–H and O–H groups in total. The van der Waals surface area contributed by atoms with E-state index in [9.17, 15) is 9.59 Å². The first kappa shape index (κ1) is 15.8. The predicted octanol–water partition coefficient (Wildman–Crippen LogP) is 2.89. The van der Waals surface area contributed by atoms with E-state index in [2.05, 4.69) is 10.6 Å². The molecule has 1 atom stereocenters. The van der Waals surface area contributed by atoms with E-state index in [0.29, 0.717) is 29.4 Å². The van der Waals surface area contributed by atoms with Gasteiger partial charge in [0.25, 0.3) is 5.91 Å². The smallest absolute Gasteiger partial charge is 0.262 e. The van der Waals surface area contributed by atoms with Crippen molar-refractivity contribution in [2.24, 2.45) is 0 Å². The minimum Gasteiger partial charge on any atom is -0.482 e. The molecule has 7 heteroatoms. The third-order valence-electron chi connectivity index (χ3n) is 4.30. The van der Waals surface area contributed by atoms with Crippen molar-refractivity contribution in [2.45, 2.75) is 12.5 Å². The van der Waals surface area contributed by atoms with E-state index in [-0.39, 0.29) is 24.5 Å². The molecule has 0 radical (unpaired) electrons. The predicted molar refractivity (Wildman–Crippen MR) is 96.4 cm³/mol. The maximum absolute atomic E-state index is 12.7. The third kappa shape index (κ3) is 3.00. The number of hydrogen-bond donors (Lipinski definition) is 2. The Morgan fingerprint density at radius 1 is 1.20 bits per heavy atom. The molecular weight excluding hydrogens is 342 g/mol. The van der Waals surface area contributed by atoms with Crippen LogP contribution in [0.3, 0.4) is 0 Å². The molecule has 2 aromatic carbocycles. The number of ether oxygens (including phenoxy) is 1. The number of fused-ring (bicyclic) bond motifs is 1. The van der Waals surface area contributed by atoms with Crippen LogP contribution < -0.4 is 20.3 Å². The standard InChI is InChI=1S/C18H16ClN3O3/c19-12-3-1-2-4-15(12)22-8-7-14(18(22)24)20-11-5-6-13-16(9-11)25-10-17(23)21-13/h1-6,9,14,20H,7-8,10H2,(H,21,23). The molecule has 1 saturated heterocycles. The molecule has 2 aromatic rings. The molecule has 2 aliphatic heterocycles. The molecular formula is C18H16ClN3O3. The molecule has 25 heavy (non-hydrogen) atoms. The lowest BCUT2D eigenvalue weighted by Gasteiger charge is -2.21. The van der Waals surface area contributed by atoms with Crippen LogP contribution in [0.15, 0.2) is 42.5 Å². The van der Waals surface area contributed by atoms with E-state index in [4.69, 9.17) is 16.3 Å². The molecule has 4 rings (SSSR count). The fraction of sp³-hybridized carbons (Fsp3) is 0.222. The number of anilines is 3. The second kappa shape index (κ2) is 6.29. The highest BCUT2D eigenvalue weighted by atomic mass is 35.5. The molecule has 2 aliphatic rings. The van der Waals surface area contributed by atoms with Gasteiger partial charge in [-0.25, -0.2) is 0 Å². The minimum atomic E-state index is -0.326. The Hall–Kier alpha value is -2.73. The number of carbonyl (C=O) groups excluding carboxylic acids is 2. The molecule has 2 amide bonds. The van der Waals surface area contributed by atoms with Crippen molar-refractivity contribution in [3.63, 3.8) is 0 Å². The van der Waals surface area contributed by atoms with Gasteiger partial charge in [-0.2, -0.15) is 0 Å². The minimum absolute atomic E-state index is 0.000896. The van der Waals surface area contributed by atoms with Crippen LogP contribution in [0.2, 0.25) is 5.02 Å². The Labute approximate surface area is 149 Å². The van der Waals surface area contributed by atoms with Crippen molar-refractivity contribution in [2.75, 3.05) is 28.7 Å². The zero-order valence-corrected chi connectivity index (χ0v) is 14.0. The number of halogens is 1. The number of carbonyl (C=O) groups is 2. The lowest BCUT2D eigenvalue weighted by molar-refractivity contribution is -0.119. The number of rotatable bonds is 3. The van der Waals surface area contributed by atoms with Crippen LogP contribution in [0, 0.1) is 0 Å². The summed E-state index contributed by atoms with van der Waals surface area (Å²) in [4.78, 5) is 25.7. The molecule has 1 unspecified atom stereocenters. The number of para-hydroxylation sites is 1. The summed E-state index contributed by atoms with van der Waals surface area (Å²) in [5.74, 6) is 0.410. The lowest BCUT2D eigenvalue weighted by atomic mass is 10.2. The van der Waals surface area contributed by atoms with E-state index in [1.165, 1.54) is 0 Å². The Bertz CT molecular complexity index is 855. The summed E-state index contributed by atoms with van der Waals surface area (Å²) < 4.78 is 5.41. The normalized spacial score (nSPS) is 19.2. The van der Waals surface area contributed by atoms with Gasteiger partial charge in [-0.05, 0) is 30.7 Å². The van der Waals surface area contributed by atoms with Gasteiger partial charge >= 0.3 is 0 Å². The fourth-order valence-corrected chi connectivity index (χ4v) is 3.33. The zero-order chi connectivity index (χ0) is 17.4. The van der Waals surface area contributed by atoms with Crippen LogP contribution in [0.5, 0.6) is 5.75 Å². The van der Waals surface area contributed by atoms with E-state index < -0.39 is 0 Å². The van der Waals surface area contributed by atoms with Gasteiger partial charge in [0.2, 0.25) is 5.91 Å². The van der Waals surface area contributed by atoms with Gasteiger partial charge in [0.05, 0.1) is 16.4 Å². The van der Waals surface area contributed by atoms with Crippen molar-refractivity contribution < 1.29 is 14.3 Å². The van der Waals surface area contributed by atoms with Crippen molar-refractivity contribution in [1.29, 1.82) is 0 Å². The highest BCUT2D eigenvalue weighted by Gasteiger charge is 2.33.